The number of nitrogens with zero attached hydrogens (tertiary/aromatic N) is 2. The van der Waals surface area contributed by atoms with E-state index >= 15 is 0 Å². The molecular weight excluding hydrogens is 508 g/mol. The molecule has 3 aromatic carbocycles. The Bertz CT molecular complexity index is 1300. The molecule has 0 aromatic heterocycles. The fraction of sp³-hybridized carbons (Fsp3) is 0.406. The Kier molecular flexibility index (Phi) is 9.66. The molecule has 206 valence electrons. The van der Waals surface area contributed by atoms with Gasteiger partial charge in [-0.2, -0.15) is 5.26 Å². The third-order valence-electron chi connectivity index (χ3n) is 7.39. The minimum absolute atomic E-state index is 0.637. The van der Waals surface area contributed by atoms with Crippen molar-refractivity contribution in [3.63, 3.8) is 0 Å². The molecule has 0 saturated heterocycles. The largest absolute Gasteiger partial charge is 0.493 e. The molecule has 0 N–H and O–H groups in total. The fourth-order valence-corrected chi connectivity index (χ4v) is 6.35. The molecule has 0 aliphatic carbocycles. The number of fused-ring (bicyclic) bond motifs is 1. The van der Waals surface area contributed by atoms with Crippen LogP contribution in [0.2, 0.25) is 0 Å². The third kappa shape index (κ3) is 6.63. The number of nitriles is 1. The van der Waals surface area contributed by atoms with E-state index in [4.69, 9.17) is 18.9 Å². The highest BCUT2D eigenvalue weighted by Gasteiger charge is 2.34. The minimum Gasteiger partial charge on any atom is -0.493 e. The van der Waals surface area contributed by atoms with Crippen LogP contribution in [-0.4, -0.2) is 46.4 Å². The van der Waals surface area contributed by atoms with Crippen molar-refractivity contribution in [3.8, 4) is 29.1 Å². The van der Waals surface area contributed by atoms with Gasteiger partial charge in [0.05, 0.1) is 34.5 Å². The van der Waals surface area contributed by atoms with Crippen LogP contribution in [0.5, 0.6) is 23.0 Å². The quantitative estimate of drug-likeness (QED) is 0.183. The Morgan fingerprint density at radius 1 is 0.821 bits per heavy atom. The summed E-state index contributed by atoms with van der Waals surface area (Å²) in [5.41, 5.74) is 4.76. The van der Waals surface area contributed by atoms with E-state index in [0.29, 0.717) is 11.5 Å². The minimum atomic E-state index is -0.743. The third-order valence-corrected chi connectivity index (χ3v) is 8.78. The van der Waals surface area contributed by atoms with Crippen molar-refractivity contribution >= 4 is 11.8 Å². The predicted octanol–water partition coefficient (Wildman–Crippen LogP) is 6.77. The number of hydrogen-bond donors (Lipinski definition) is 0. The predicted molar refractivity (Wildman–Crippen MR) is 156 cm³/mol. The van der Waals surface area contributed by atoms with E-state index in [-0.39, 0.29) is 0 Å². The maximum atomic E-state index is 10.6. The fourth-order valence-electron chi connectivity index (χ4n) is 5.13. The van der Waals surface area contributed by atoms with Gasteiger partial charge < -0.3 is 18.9 Å². The second-order valence-electron chi connectivity index (χ2n) is 9.88. The molecule has 6 nitrogen and oxygen atoms in total. The maximum absolute atomic E-state index is 10.6. The first kappa shape index (κ1) is 28.7. The van der Waals surface area contributed by atoms with Crippen LogP contribution in [0.1, 0.15) is 41.5 Å². The van der Waals surface area contributed by atoms with Gasteiger partial charge in [0.1, 0.15) is 4.75 Å². The lowest BCUT2D eigenvalue weighted by Gasteiger charge is -2.30. The first-order chi connectivity index (χ1) is 18.9. The van der Waals surface area contributed by atoms with Crippen molar-refractivity contribution < 1.29 is 18.9 Å². The summed E-state index contributed by atoms with van der Waals surface area (Å²) in [6.45, 7) is 4.97. The van der Waals surface area contributed by atoms with Gasteiger partial charge in [0.25, 0.3) is 0 Å². The average Bonchev–Trinajstić information content (AvgIpc) is 2.98. The Morgan fingerprint density at radius 3 is 2.10 bits per heavy atom. The SMILES string of the molecule is COc1ccc(C(C#N)(CCCCN2CCc3cc(OC)c(OC)cc3C2)Sc2ccc(C)cc2)cc1OC. The molecule has 4 rings (SSSR count). The number of unbranched alkanes of at least 4 members (excludes halogenated alkanes) is 1. The van der Waals surface area contributed by atoms with Gasteiger partial charge in [-0.15, -0.1) is 0 Å². The van der Waals surface area contributed by atoms with Gasteiger partial charge >= 0.3 is 0 Å². The van der Waals surface area contributed by atoms with Crippen LogP contribution >= 0.6 is 11.8 Å². The molecule has 1 unspecified atom stereocenters. The summed E-state index contributed by atoms with van der Waals surface area (Å²) >= 11 is 1.62. The van der Waals surface area contributed by atoms with Gasteiger partial charge in [-0.1, -0.05) is 35.5 Å². The normalized spacial score (nSPS) is 14.6. The average molecular weight is 547 g/mol. The highest BCUT2D eigenvalue weighted by molar-refractivity contribution is 8.00. The molecule has 0 spiro atoms. The lowest BCUT2D eigenvalue weighted by molar-refractivity contribution is 0.246. The topological polar surface area (TPSA) is 64.0 Å². The summed E-state index contributed by atoms with van der Waals surface area (Å²) in [5.74, 6) is 2.87. The highest BCUT2D eigenvalue weighted by Crippen LogP contribution is 2.47. The Balaban J connectivity index is 1.47. The van der Waals surface area contributed by atoms with Gasteiger partial charge in [0.2, 0.25) is 0 Å². The molecular formula is C32H38N2O4S. The zero-order chi connectivity index (χ0) is 27.8. The molecule has 39 heavy (non-hydrogen) atoms. The molecule has 1 aliphatic rings. The van der Waals surface area contributed by atoms with Crippen LogP contribution in [0.25, 0.3) is 0 Å². The molecule has 0 radical (unpaired) electrons. The molecule has 1 heterocycles. The molecule has 0 amide bonds. The number of hydrogen-bond acceptors (Lipinski definition) is 7. The summed E-state index contributed by atoms with van der Waals surface area (Å²) in [7, 11) is 6.62. The van der Waals surface area contributed by atoms with E-state index in [1.807, 2.05) is 18.2 Å². The summed E-state index contributed by atoms with van der Waals surface area (Å²) in [6.07, 6.45) is 3.66. The molecule has 0 bridgehead atoms. The second kappa shape index (κ2) is 13.1. The van der Waals surface area contributed by atoms with Crippen LogP contribution in [0.4, 0.5) is 0 Å². The summed E-state index contributed by atoms with van der Waals surface area (Å²) in [4.78, 5) is 3.57. The van der Waals surface area contributed by atoms with E-state index in [1.165, 1.54) is 16.7 Å². The van der Waals surface area contributed by atoms with Gasteiger partial charge in [0, 0.05) is 18.0 Å². The van der Waals surface area contributed by atoms with E-state index in [2.05, 4.69) is 54.3 Å². The number of thioether (sulfide) groups is 1. The first-order valence-electron chi connectivity index (χ1n) is 13.3. The van der Waals surface area contributed by atoms with Gasteiger partial charge in [-0.3, -0.25) is 4.90 Å². The van der Waals surface area contributed by atoms with Crippen LogP contribution < -0.4 is 18.9 Å². The van der Waals surface area contributed by atoms with Crippen molar-refractivity contribution in [1.82, 2.24) is 4.90 Å². The van der Waals surface area contributed by atoms with Crippen molar-refractivity contribution in [3.05, 3.63) is 76.9 Å². The molecule has 3 aromatic rings. The smallest absolute Gasteiger partial charge is 0.161 e. The van der Waals surface area contributed by atoms with E-state index in [9.17, 15) is 5.26 Å². The lowest BCUT2D eigenvalue weighted by Crippen LogP contribution is -2.31. The molecule has 0 saturated carbocycles. The summed E-state index contributed by atoms with van der Waals surface area (Å²) < 4.78 is 21.3. The van der Waals surface area contributed by atoms with Crippen molar-refractivity contribution in [2.75, 3.05) is 41.5 Å². The van der Waals surface area contributed by atoms with Crippen molar-refractivity contribution in [2.24, 2.45) is 0 Å². The van der Waals surface area contributed by atoms with Crippen LogP contribution in [-0.2, 0) is 17.7 Å². The molecule has 1 atom stereocenters. The molecule has 7 heteroatoms. The second-order valence-corrected chi connectivity index (χ2v) is 11.3. The highest BCUT2D eigenvalue weighted by atomic mass is 32.2. The zero-order valence-electron chi connectivity index (χ0n) is 23.6. The van der Waals surface area contributed by atoms with Gasteiger partial charge in [-0.25, -0.2) is 0 Å². The number of methoxy groups -OCH3 is 4. The van der Waals surface area contributed by atoms with Gasteiger partial charge in [-0.05, 0) is 92.2 Å². The maximum Gasteiger partial charge on any atom is 0.161 e. The number of rotatable bonds is 12. The van der Waals surface area contributed by atoms with Crippen LogP contribution in [0.15, 0.2) is 59.5 Å². The standard InChI is InChI=1S/C32H38N2O4S/c1-23-8-11-27(12-9-23)39-32(22-33,26-10-13-28(35-2)31(20-26)38-5)15-6-7-16-34-17-14-24-18-29(36-3)30(37-4)19-25(24)21-34/h8-13,18-20H,6-7,14-17,21H2,1-5H3. The first-order valence-corrected chi connectivity index (χ1v) is 14.1. The Hall–Kier alpha value is -3.34. The molecule has 0 fully saturated rings. The summed E-state index contributed by atoms with van der Waals surface area (Å²) in [5, 5.41) is 10.6. The number of ether oxygens (including phenoxy) is 4. The van der Waals surface area contributed by atoms with E-state index < -0.39 is 4.75 Å². The summed E-state index contributed by atoms with van der Waals surface area (Å²) in [6, 6.07) is 21.1. The van der Waals surface area contributed by atoms with Gasteiger partial charge in [0.15, 0.2) is 23.0 Å². The van der Waals surface area contributed by atoms with E-state index in [1.54, 1.807) is 40.2 Å². The zero-order valence-corrected chi connectivity index (χ0v) is 24.4. The monoisotopic (exact) mass is 546 g/mol. The Labute approximate surface area is 236 Å². The number of benzene rings is 3. The number of aryl methyl sites for hydroxylation is 1. The van der Waals surface area contributed by atoms with Crippen LogP contribution in [0.3, 0.4) is 0 Å². The lowest BCUT2D eigenvalue weighted by atomic mass is 9.93. The van der Waals surface area contributed by atoms with Crippen molar-refractivity contribution in [1.29, 1.82) is 5.26 Å². The van der Waals surface area contributed by atoms with Crippen LogP contribution in [0, 0.1) is 18.3 Å². The molecule has 1 aliphatic heterocycles. The van der Waals surface area contributed by atoms with Crippen molar-refractivity contribution in [2.45, 2.75) is 48.8 Å². The Morgan fingerprint density at radius 2 is 1.46 bits per heavy atom. The van der Waals surface area contributed by atoms with E-state index in [0.717, 1.165) is 67.3 Å².